The number of benzene rings is 2. The molecule has 0 spiro atoms. The van der Waals surface area contributed by atoms with Gasteiger partial charge in [-0.05, 0) is 31.2 Å². The first-order valence-electron chi connectivity index (χ1n) is 5.82. The number of aromatic hydroxyl groups is 1. The van der Waals surface area contributed by atoms with E-state index in [4.69, 9.17) is 0 Å². The van der Waals surface area contributed by atoms with E-state index < -0.39 is 5.82 Å². The van der Waals surface area contributed by atoms with E-state index in [1.54, 1.807) is 7.05 Å². The third-order valence-electron chi connectivity index (χ3n) is 2.92. The summed E-state index contributed by atoms with van der Waals surface area (Å²) in [6.45, 7) is 1.96. The van der Waals surface area contributed by atoms with E-state index >= 15 is 0 Å². The highest BCUT2D eigenvalue weighted by molar-refractivity contribution is 6.07. The monoisotopic (exact) mass is 259 g/mol. The maximum atomic E-state index is 12.9. The minimum absolute atomic E-state index is 0.0736. The second kappa shape index (κ2) is 5.10. The fraction of sp³-hybridized carbons (Fsp3) is 0.133. The van der Waals surface area contributed by atoms with Crippen molar-refractivity contribution in [3.63, 3.8) is 0 Å². The van der Waals surface area contributed by atoms with Crippen LogP contribution in [0.5, 0.6) is 5.75 Å². The van der Waals surface area contributed by atoms with Crippen molar-refractivity contribution in [1.82, 2.24) is 0 Å². The molecule has 0 aliphatic rings. The predicted molar refractivity (Wildman–Crippen MR) is 72.0 cm³/mol. The Hall–Kier alpha value is -2.36. The number of hydrogen-bond donors (Lipinski definition) is 1. The van der Waals surface area contributed by atoms with Crippen molar-refractivity contribution in [1.29, 1.82) is 0 Å². The number of hydrogen-bond acceptors (Lipinski definition) is 2. The summed E-state index contributed by atoms with van der Waals surface area (Å²) < 4.78 is 12.9. The number of carbonyl (C=O) groups excluding carboxylic acids is 1. The van der Waals surface area contributed by atoms with Gasteiger partial charge in [-0.15, -0.1) is 0 Å². The molecule has 0 aliphatic carbocycles. The Morgan fingerprint density at radius 3 is 2.37 bits per heavy atom. The molecule has 2 rings (SSSR count). The van der Waals surface area contributed by atoms with Gasteiger partial charge in [0.05, 0.1) is 5.56 Å². The average Bonchev–Trinajstić information content (AvgIpc) is 2.38. The molecule has 0 radical (unpaired) electrons. The minimum atomic E-state index is -0.577. The van der Waals surface area contributed by atoms with E-state index in [1.165, 1.54) is 11.0 Å². The summed E-state index contributed by atoms with van der Waals surface area (Å²) in [4.78, 5) is 13.6. The first kappa shape index (κ1) is 13.1. The summed E-state index contributed by atoms with van der Waals surface area (Å²) >= 11 is 0. The summed E-state index contributed by atoms with van der Waals surface area (Å²) in [7, 11) is 1.61. The Morgan fingerprint density at radius 2 is 1.79 bits per heavy atom. The van der Waals surface area contributed by atoms with Crippen LogP contribution in [-0.2, 0) is 0 Å². The molecule has 3 nitrogen and oxygen atoms in total. The number of phenols is 1. The van der Waals surface area contributed by atoms with E-state index in [-0.39, 0.29) is 17.2 Å². The molecule has 2 aromatic rings. The van der Waals surface area contributed by atoms with Crippen LogP contribution in [0, 0.1) is 12.7 Å². The van der Waals surface area contributed by atoms with Crippen molar-refractivity contribution in [2.75, 3.05) is 11.9 Å². The average molecular weight is 259 g/mol. The van der Waals surface area contributed by atoms with Gasteiger partial charge >= 0.3 is 0 Å². The molecule has 0 fully saturated rings. The second-order valence-corrected chi connectivity index (χ2v) is 4.36. The van der Waals surface area contributed by atoms with Crippen LogP contribution >= 0.6 is 0 Å². The van der Waals surface area contributed by atoms with E-state index in [0.29, 0.717) is 5.69 Å². The quantitative estimate of drug-likeness (QED) is 0.900. The number of phenolic OH excluding ortho intramolecular Hbond substituents is 1. The number of halogens is 1. The van der Waals surface area contributed by atoms with E-state index in [2.05, 4.69) is 0 Å². The van der Waals surface area contributed by atoms with E-state index in [1.807, 2.05) is 31.2 Å². The van der Waals surface area contributed by atoms with Crippen LogP contribution in [0.25, 0.3) is 0 Å². The Bertz CT molecular complexity index is 608. The van der Waals surface area contributed by atoms with Crippen LogP contribution < -0.4 is 4.90 Å². The van der Waals surface area contributed by atoms with Crippen LogP contribution in [0.4, 0.5) is 10.1 Å². The third kappa shape index (κ3) is 2.73. The number of aryl methyl sites for hydroxylation is 1. The molecule has 0 heterocycles. The topological polar surface area (TPSA) is 40.5 Å². The largest absolute Gasteiger partial charge is 0.507 e. The summed E-state index contributed by atoms with van der Waals surface area (Å²) in [5.74, 6) is -1.32. The van der Waals surface area contributed by atoms with Gasteiger partial charge in [-0.25, -0.2) is 4.39 Å². The molecule has 0 saturated heterocycles. The lowest BCUT2D eigenvalue weighted by molar-refractivity contribution is 0.0990. The normalized spacial score (nSPS) is 10.3. The van der Waals surface area contributed by atoms with Crippen LogP contribution in [0.1, 0.15) is 15.9 Å². The fourth-order valence-electron chi connectivity index (χ4n) is 1.75. The molecule has 0 atom stereocenters. The van der Waals surface area contributed by atoms with Crippen LogP contribution in [-0.4, -0.2) is 18.1 Å². The highest BCUT2D eigenvalue weighted by Crippen LogP contribution is 2.22. The molecular formula is C15H14FNO2. The standard InChI is InChI=1S/C15H14FNO2/c1-10-3-6-12(7-4-10)17(2)15(19)13-8-5-11(16)9-14(13)18/h3-9,18H,1-2H3. The smallest absolute Gasteiger partial charge is 0.261 e. The van der Waals surface area contributed by atoms with E-state index in [9.17, 15) is 14.3 Å². The molecule has 4 heteroatoms. The molecule has 0 saturated carbocycles. The molecule has 2 aromatic carbocycles. The van der Waals surface area contributed by atoms with Gasteiger partial charge in [0.2, 0.25) is 0 Å². The lowest BCUT2D eigenvalue weighted by Crippen LogP contribution is -2.26. The molecule has 0 bridgehead atoms. The number of nitrogens with zero attached hydrogens (tertiary/aromatic N) is 1. The summed E-state index contributed by atoms with van der Waals surface area (Å²) in [6, 6.07) is 10.8. The van der Waals surface area contributed by atoms with Crippen molar-refractivity contribution < 1.29 is 14.3 Å². The Labute approximate surface area is 110 Å². The first-order valence-corrected chi connectivity index (χ1v) is 5.82. The SMILES string of the molecule is Cc1ccc(N(C)C(=O)c2ccc(F)cc2O)cc1. The van der Waals surface area contributed by atoms with Crippen LogP contribution in [0.3, 0.4) is 0 Å². The highest BCUT2D eigenvalue weighted by atomic mass is 19.1. The van der Waals surface area contributed by atoms with E-state index in [0.717, 1.165) is 17.7 Å². The van der Waals surface area contributed by atoms with Gasteiger partial charge in [-0.3, -0.25) is 4.79 Å². The van der Waals surface area contributed by atoms with Gasteiger partial charge in [-0.2, -0.15) is 0 Å². The Balaban J connectivity index is 2.30. The fourth-order valence-corrected chi connectivity index (χ4v) is 1.75. The van der Waals surface area contributed by atoms with Gasteiger partial charge in [0, 0.05) is 18.8 Å². The molecule has 0 aliphatic heterocycles. The molecule has 1 N–H and O–H groups in total. The number of rotatable bonds is 2. The second-order valence-electron chi connectivity index (χ2n) is 4.36. The van der Waals surface area contributed by atoms with Crippen molar-refractivity contribution in [3.05, 3.63) is 59.4 Å². The van der Waals surface area contributed by atoms with Crippen molar-refractivity contribution in [2.45, 2.75) is 6.92 Å². The van der Waals surface area contributed by atoms with Crippen LogP contribution in [0.2, 0.25) is 0 Å². The lowest BCUT2D eigenvalue weighted by Gasteiger charge is -2.18. The van der Waals surface area contributed by atoms with Crippen molar-refractivity contribution >= 4 is 11.6 Å². The molecule has 0 aromatic heterocycles. The van der Waals surface area contributed by atoms with Gasteiger partial charge in [0.25, 0.3) is 5.91 Å². The molecular weight excluding hydrogens is 245 g/mol. The van der Waals surface area contributed by atoms with Crippen LogP contribution in [0.15, 0.2) is 42.5 Å². The molecule has 98 valence electrons. The lowest BCUT2D eigenvalue weighted by atomic mass is 10.1. The Kier molecular flexibility index (Phi) is 3.51. The predicted octanol–water partition coefficient (Wildman–Crippen LogP) is 3.12. The van der Waals surface area contributed by atoms with Gasteiger partial charge in [0.15, 0.2) is 0 Å². The zero-order valence-corrected chi connectivity index (χ0v) is 10.7. The first-order chi connectivity index (χ1) is 8.99. The number of anilines is 1. The van der Waals surface area contributed by atoms with Gasteiger partial charge in [0.1, 0.15) is 11.6 Å². The van der Waals surface area contributed by atoms with Crippen molar-refractivity contribution in [3.8, 4) is 5.75 Å². The molecule has 1 amide bonds. The number of carbonyl (C=O) groups is 1. The number of amides is 1. The zero-order chi connectivity index (χ0) is 14.0. The zero-order valence-electron chi connectivity index (χ0n) is 10.7. The maximum Gasteiger partial charge on any atom is 0.261 e. The summed E-state index contributed by atoms with van der Waals surface area (Å²) in [5, 5.41) is 9.61. The third-order valence-corrected chi connectivity index (χ3v) is 2.92. The minimum Gasteiger partial charge on any atom is -0.507 e. The molecule has 19 heavy (non-hydrogen) atoms. The van der Waals surface area contributed by atoms with Crippen molar-refractivity contribution in [2.24, 2.45) is 0 Å². The maximum absolute atomic E-state index is 12.9. The summed E-state index contributed by atoms with van der Waals surface area (Å²) in [6.07, 6.45) is 0. The Morgan fingerprint density at radius 1 is 1.16 bits per heavy atom. The molecule has 0 unspecified atom stereocenters. The van der Waals surface area contributed by atoms with Gasteiger partial charge < -0.3 is 10.0 Å². The summed E-state index contributed by atoms with van der Waals surface area (Å²) in [5.41, 5.74) is 1.87. The van der Waals surface area contributed by atoms with Gasteiger partial charge in [-0.1, -0.05) is 17.7 Å². The highest BCUT2D eigenvalue weighted by Gasteiger charge is 2.17.